The summed E-state index contributed by atoms with van der Waals surface area (Å²) in [5, 5.41) is 9.43. The van der Waals surface area contributed by atoms with Crippen LogP contribution in [0.1, 0.15) is 39.0 Å². The van der Waals surface area contributed by atoms with E-state index in [1.54, 1.807) is 0 Å². The summed E-state index contributed by atoms with van der Waals surface area (Å²) in [6.45, 7) is 5.10. The van der Waals surface area contributed by atoms with E-state index in [1.165, 1.54) is 32.1 Å². The second-order valence-corrected chi connectivity index (χ2v) is 5.17. The van der Waals surface area contributed by atoms with Gasteiger partial charge in [0.25, 0.3) is 0 Å². The van der Waals surface area contributed by atoms with Gasteiger partial charge in [0, 0.05) is 12.6 Å². The summed E-state index contributed by atoms with van der Waals surface area (Å²) in [7, 11) is 0. The monoisotopic (exact) mass is 227 g/mol. The van der Waals surface area contributed by atoms with E-state index in [9.17, 15) is 5.11 Å². The third kappa shape index (κ3) is 2.58. The number of nitrogens with zero attached hydrogens (tertiary/aromatic N) is 1. The van der Waals surface area contributed by atoms with Crippen LogP contribution in [0.15, 0.2) is 0 Å². The van der Waals surface area contributed by atoms with Crippen molar-refractivity contribution in [3.05, 3.63) is 0 Å². The summed E-state index contributed by atoms with van der Waals surface area (Å²) in [5.41, 5.74) is 0. The molecule has 2 fully saturated rings. The van der Waals surface area contributed by atoms with Crippen LogP contribution < -0.4 is 0 Å². The molecule has 1 N–H and O–H groups in total. The molecule has 16 heavy (non-hydrogen) atoms. The van der Waals surface area contributed by atoms with Crippen LogP contribution in [0, 0.1) is 5.92 Å². The molecule has 0 aromatic heterocycles. The van der Waals surface area contributed by atoms with Crippen molar-refractivity contribution in [3.63, 3.8) is 0 Å². The summed E-state index contributed by atoms with van der Waals surface area (Å²) in [5.74, 6) is 0.834. The van der Waals surface area contributed by atoms with Crippen LogP contribution in [0.2, 0.25) is 0 Å². The number of aliphatic hydroxyl groups excluding tert-OH is 1. The summed E-state index contributed by atoms with van der Waals surface area (Å²) < 4.78 is 5.46. The quantitative estimate of drug-likeness (QED) is 0.795. The Hall–Kier alpha value is -0.120. The molecular formula is C13H25NO2. The van der Waals surface area contributed by atoms with Gasteiger partial charge in [0.15, 0.2) is 0 Å². The van der Waals surface area contributed by atoms with Crippen molar-refractivity contribution >= 4 is 0 Å². The van der Waals surface area contributed by atoms with E-state index in [0.29, 0.717) is 12.6 Å². The average Bonchev–Trinajstić information content (AvgIpc) is 2.38. The topological polar surface area (TPSA) is 32.7 Å². The van der Waals surface area contributed by atoms with Gasteiger partial charge in [0.1, 0.15) is 0 Å². The number of hydrogen-bond donors (Lipinski definition) is 1. The highest BCUT2D eigenvalue weighted by Crippen LogP contribution is 2.32. The third-order valence-corrected chi connectivity index (χ3v) is 4.30. The molecule has 2 rings (SSSR count). The van der Waals surface area contributed by atoms with Crippen molar-refractivity contribution in [3.8, 4) is 0 Å². The van der Waals surface area contributed by atoms with Crippen LogP contribution >= 0.6 is 0 Å². The van der Waals surface area contributed by atoms with Gasteiger partial charge in [0.2, 0.25) is 0 Å². The van der Waals surface area contributed by atoms with E-state index in [0.717, 1.165) is 19.1 Å². The minimum absolute atomic E-state index is 0.242. The highest BCUT2D eigenvalue weighted by Gasteiger charge is 2.34. The molecule has 1 saturated carbocycles. The van der Waals surface area contributed by atoms with Crippen LogP contribution in [0.5, 0.6) is 0 Å². The first-order chi connectivity index (χ1) is 7.86. The van der Waals surface area contributed by atoms with Crippen LogP contribution in [0.3, 0.4) is 0 Å². The lowest BCUT2D eigenvalue weighted by Gasteiger charge is -2.45. The van der Waals surface area contributed by atoms with E-state index in [1.807, 2.05) is 0 Å². The summed E-state index contributed by atoms with van der Waals surface area (Å²) in [6, 6.07) is 0.936. The molecule has 1 aliphatic carbocycles. The Kier molecular flexibility index (Phi) is 4.62. The maximum absolute atomic E-state index is 9.43. The molecule has 0 radical (unpaired) electrons. The molecule has 3 heteroatoms. The summed E-state index contributed by atoms with van der Waals surface area (Å²) in [4.78, 5) is 2.52. The zero-order valence-corrected chi connectivity index (χ0v) is 10.4. The van der Waals surface area contributed by atoms with Gasteiger partial charge >= 0.3 is 0 Å². The molecule has 3 atom stereocenters. The Bertz CT molecular complexity index is 188. The summed E-state index contributed by atoms with van der Waals surface area (Å²) >= 11 is 0. The molecule has 3 unspecified atom stereocenters. The Morgan fingerprint density at radius 1 is 1.31 bits per heavy atom. The third-order valence-electron chi connectivity index (χ3n) is 4.30. The molecule has 0 aromatic rings. The van der Waals surface area contributed by atoms with Crippen LogP contribution in [0.25, 0.3) is 0 Å². The zero-order chi connectivity index (χ0) is 11.4. The molecule has 2 aliphatic rings. The van der Waals surface area contributed by atoms with E-state index in [4.69, 9.17) is 4.74 Å². The van der Waals surface area contributed by atoms with E-state index in [2.05, 4.69) is 11.8 Å². The van der Waals surface area contributed by atoms with E-state index >= 15 is 0 Å². The Morgan fingerprint density at radius 3 is 2.88 bits per heavy atom. The second-order valence-electron chi connectivity index (χ2n) is 5.17. The molecule has 0 bridgehead atoms. The van der Waals surface area contributed by atoms with Crippen molar-refractivity contribution in [1.29, 1.82) is 0 Å². The smallest absolute Gasteiger partial charge is 0.0644 e. The molecule has 0 aromatic carbocycles. The van der Waals surface area contributed by atoms with Gasteiger partial charge in [-0.1, -0.05) is 26.2 Å². The fourth-order valence-electron chi connectivity index (χ4n) is 3.36. The van der Waals surface area contributed by atoms with Gasteiger partial charge in [-0.2, -0.15) is 0 Å². The van der Waals surface area contributed by atoms with E-state index < -0.39 is 0 Å². The van der Waals surface area contributed by atoms with Crippen molar-refractivity contribution in [2.45, 2.75) is 51.1 Å². The van der Waals surface area contributed by atoms with Gasteiger partial charge in [-0.25, -0.2) is 0 Å². The Labute approximate surface area is 98.8 Å². The van der Waals surface area contributed by atoms with Crippen molar-refractivity contribution in [2.75, 3.05) is 26.4 Å². The molecule has 94 valence electrons. The van der Waals surface area contributed by atoms with Gasteiger partial charge in [-0.05, 0) is 18.8 Å². The van der Waals surface area contributed by atoms with Gasteiger partial charge in [-0.15, -0.1) is 0 Å². The van der Waals surface area contributed by atoms with Crippen molar-refractivity contribution < 1.29 is 9.84 Å². The number of rotatable bonds is 3. The first kappa shape index (κ1) is 12.3. The second kappa shape index (κ2) is 5.99. The lowest BCUT2D eigenvalue weighted by molar-refractivity contribution is -0.0657. The number of morpholine rings is 1. The highest BCUT2D eigenvalue weighted by atomic mass is 16.5. The van der Waals surface area contributed by atoms with Gasteiger partial charge in [-0.3, -0.25) is 4.90 Å². The number of ether oxygens (including phenoxy) is 1. The zero-order valence-electron chi connectivity index (χ0n) is 10.4. The SMILES string of the molecule is CCC1CCCCC1N1CCOCC1CO. The highest BCUT2D eigenvalue weighted by molar-refractivity contribution is 4.87. The lowest BCUT2D eigenvalue weighted by Crippen LogP contribution is -2.55. The van der Waals surface area contributed by atoms with E-state index in [-0.39, 0.29) is 12.6 Å². The van der Waals surface area contributed by atoms with Crippen LogP contribution in [0.4, 0.5) is 0 Å². The van der Waals surface area contributed by atoms with Crippen LogP contribution in [-0.2, 0) is 4.74 Å². The summed E-state index contributed by atoms with van der Waals surface area (Å²) in [6.07, 6.45) is 6.71. The van der Waals surface area contributed by atoms with Crippen molar-refractivity contribution in [2.24, 2.45) is 5.92 Å². The first-order valence-electron chi connectivity index (χ1n) is 6.81. The number of aliphatic hydroxyl groups is 1. The fraction of sp³-hybridized carbons (Fsp3) is 1.00. The van der Waals surface area contributed by atoms with Gasteiger partial charge in [0.05, 0.1) is 25.9 Å². The molecule has 0 amide bonds. The van der Waals surface area contributed by atoms with Crippen molar-refractivity contribution in [1.82, 2.24) is 4.90 Å². The minimum Gasteiger partial charge on any atom is -0.395 e. The molecule has 1 aliphatic heterocycles. The maximum Gasteiger partial charge on any atom is 0.0644 e. The Morgan fingerprint density at radius 2 is 2.12 bits per heavy atom. The molecular weight excluding hydrogens is 202 g/mol. The molecule has 1 saturated heterocycles. The lowest BCUT2D eigenvalue weighted by atomic mass is 9.81. The minimum atomic E-state index is 0.242. The predicted molar refractivity (Wildman–Crippen MR) is 64.4 cm³/mol. The fourth-order valence-corrected chi connectivity index (χ4v) is 3.36. The molecule has 0 spiro atoms. The normalized spacial score (nSPS) is 37.5. The average molecular weight is 227 g/mol. The van der Waals surface area contributed by atoms with Gasteiger partial charge < -0.3 is 9.84 Å². The molecule has 1 heterocycles. The standard InChI is InChI=1S/C13H25NO2/c1-2-11-5-3-4-6-13(11)14-7-8-16-10-12(14)9-15/h11-13,15H,2-10H2,1H3. The first-order valence-corrected chi connectivity index (χ1v) is 6.81. The Balaban J connectivity index is 2.01. The maximum atomic E-state index is 9.43. The largest absolute Gasteiger partial charge is 0.395 e. The van der Waals surface area contributed by atoms with Crippen LogP contribution in [-0.4, -0.2) is 48.5 Å². The number of hydrogen-bond acceptors (Lipinski definition) is 3. The molecule has 3 nitrogen and oxygen atoms in total. The predicted octanol–water partition coefficient (Wildman–Crippen LogP) is 1.65.